The highest BCUT2D eigenvalue weighted by Gasteiger charge is 2.22. The minimum atomic E-state index is -2.64. The molecule has 1 aromatic rings. The first-order valence-electron chi connectivity index (χ1n) is 8.68. The van der Waals surface area contributed by atoms with Crippen molar-refractivity contribution in [1.82, 2.24) is 5.32 Å². The zero-order valence-corrected chi connectivity index (χ0v) is 15.5. The molecule has 7 heteroatoms. The molecule has 4 nitrogen and oxygen atoms in total. The summed E-state index contributed by atoms with van der Waals surface area (Å²) in [6.07, 6.45) is 6.58. The van der Waals surface area contributed by atoms with Crippen LogP contribution in [0, 0.1) is 0 Å². The van der Waals surface area contributed by atoms with Crippen molar-refractivity contribution in [2.45, 2.75) is 55.8 Å². The summed E-state index contributed by atoms with van der Waals surface area (Å²) in [4.78, 5) is 24.4. The Kier molecular flexibility index (Phi) is 8.09. The predicted octanol–water partition coefficient (Wildman–Crippen LogP) is 4.55. The van der Waals surface area contributed by atoms with Crippen LogP contribution < -0.4 is 5.32 Å². The van der Waals surface area contributed by atoms with Gasteiger partial charge in [-0.2, -0.15) is 8.78 Å². The van der Waals surface area contributed by atoms with Crippen LogP contribution in [0.5, 0.6) is 0 Å². The van der Waals surface area contributed by atoms with Gasteiger partial charge < -0.3 is 10.1 Å². The number of hydrogen-bond donors (Lipinski definition) is 1. The van der Waals surface area contributed by atoms with E-state index in [2.05, 4.69) is 11.4 Å². The molecule has 0 aromatic heterocycles. The summed E-state index contributed by atoms with van der Waals surface area (Å²) in [6.45, 7) is 1.96. The van der Waals surface area contributed by atoms with Crippen molar-refractivity contribution in [2.75, 3.05) is 6.54 Å². The minimum Gasteiger partial charge on any atom is -0.449 e. The van der Waals surface area contributed by atoms with Crippen molar-refractivity contribution in [3.63, 3.8) is 0 Å². The first kappa shape index (κ1) is 20.4. The molecule has 0 bridgehead atoms. The van der Waals surface area contributed by atoms with Gasteiger partial charge in [-0.15, -0.1) is 0 Å². The van der Waals surface area contributed by atoms with Gasteiger partial charge in [0.05, 0.1) is 5.56 Å². The largest absolute Gasteiger partial charge is 0.449 e. The summed E-state index contributed by atoms with van der Waals surface area (Å²) >= 11 is 0.278. The topological polar surface area (TPSA) is 55.4 Å². The van der Waals surface area contributed by atoms with Gasteiger partial charge in [0.2, 0.25) is 0 Å². The highest BCUT2D eigenvalue weighted by atomic mass is 32.2. The first-order valence-corrected chi connectivity index (χ1v) is 9.55. The van der Waals surface area contributed by atoms with Crippen LogP contribution in [-0.2, 0) is 9.53 Å². The lowest BCUT2D eigenvalue weighted by Crippen LogP contribution is -2.36. The van der Waals surface area contributed by atoms with Crippen molar-refractivity contribution < 1.29 is 23.1 Å². The lowest BCUT2D eigenvalue weighted by atomic mass is 9.97. The van der Waals surface area contributed by atoms with Crippen LogP contribution in [0.2, 0.25) is 0 Å². The maximum atomic E-state index is 12.6. The number of amides is 1. The van der Waals surface area contributed by atoms with Crippen LogP contribution in [0.15, 0.2) is 40.8 Å². The molecule has 0 heterocycles. The highest BCUT2D eigenvalue weighted by Crippen LogP contribution is 2.29. The molecule has 1 atom stereocenters. The number of carbonyl (C=O) groups is 2. The highest BCUT2D eigenvalue weighted by molar-refractivity contribution is 7.99. The Hall–Kier alpha value is -1.89. The minimum absolute atomic E-state index is 0.0322. The summed E-state index contributed by atoms with van der Waals surface area (Å²) in [6, 6.07) is 5.97. The maximum absolute atomic E-state index is 12.6. The van der Waals surface area contributed by atoms with Gasteiger partial charge in [-0.3, -0.25) is 4.79 Å². The molecule has 1 unspecified atom stereocenters. The van der Waals surface area contributed by atoms with Gasteiger partial charge in [0, 0.05) is 11.4 Å². The fraction of sp³-hybridized carbons (Fsp3) is 0.474. The number of halogens is 2. The van der Waals surface area contributed by atoms with E-state index in [0.29, 0.717) is 6.54 Å². The summed E-state index contributed by atoms with van der Waals surface area (Å²) in [7, 11) is 0. The van der Waals surface area contributed by atoms with E-state index < -0.39 is 23.7 Å². The second kappa shape index (κ2) is 10.3. The lowest BCUT2D eigenvalue weighted by Gasteiger charge is -2.16. The molecule has 0 radical (unpaired) electrons. The van der Waals surface area contributed by atoms with Gasteiger partial charge in [-0.05, 0) is 51.2 Å². The fourth-order valence-electron chi connectivity index (χ4n) is 2.73. The smallest absolute Gasteiger partial charge is 0.340 e. The molecular weight excluding hydrogens is 360 g/mol. The zero-order chi connectivity index (χ0) is 18.9. The fourth-order valence-corrected chi connectivity index (χ4v) is 3.36. The number of hydrogen-bond acceptors (Lipinski definition) is 4. The number of thioether (sulfide) groups is 1. The molecule has 1 amide bonds. The van der Waals surface area contributed by atoms with E-state index in [1.54, 1.807) is 12.1 Å². The average molecular weight is 383 g/mol. The van der Waals surface area contributed by atoms with Gasteiger partial charge in [0.15, 0.2) is 6.10 Å². The number of ether oxygens (including phenoxy) is 1. The van der Waals surface area contributed by atoms with Crippen LogP contribution in [0.3, 0.4) is 0 Å². The number of carbonyl (C=O) groups excluding carboxylic acids is 2. The van der Waals surface area contributed by atoms with Crippen LogP contribution in [-0.4, -0.2) is 30.3 Å². The Morgan fingerprint density at radius 2 is 2.04 bits per heavy atom. The van der Waals surface area contributed by atoms with Gasteiger partial charge >= 0.3 is 5.97 Å². The maximum Gasteiger partial charge on any atom is 0.340 e. The molecule has 142 valence electrons. The molecular formula is C19H23F2NO3S. The second-order valence-corrected chi connectivity index (χ2v) is 7.10. The summed E-state index contributed by atoms with van der Waals surface area (Å²) < 4.78 is 30.3. The normalized spacial score (nSPS) is 15.3. The summed E-state index contributed by atoms with van der Waals surface area (Å²) in [5.41, 5.74) is 1.38. The molecule has 0 saturated heterocycles. The van der Waals surface area contributed by atoms with E-state index in [-0.39, 0.29) is 22.2 Å². The first-order chi connectivity index (χ1) is 12.5. The van der Waals surface area contributed by atoms with E-state index in [1.165, 1.54) is 37.5 Å². The Labute approximate surface area is 156 Å². The number of nitrogens with one attached hydrogen (secondary N) is 1. The molecule has 1 aliphatic carbocycles. The van der Waals surface area contributed by atoms with Crippen molar-refractivity contribution in [3.05, 3.63) is 41.5 Å². The molecule has 1 N–H and O–H groups in total. The van der Waals surface area contributed by atoms with Crippen molar-refractivity contribution >= 4 is 23.6 Å². The molecule has 26 heavy (non-hydrogen) atoms. The van der Waals surface area contributed by atoms with E-state index in [1.807, 2.05) is 0 Å². The number of allylic oxidation sites excluding steroid dienone is 1. The molecule has 2 rings (SSSR count). The molecule has 0 fully saturated rings. The van der Waals surface area contributed by atoms with Crippen molar-refractivity contribution in [1.29, 1.82) is 0 Å². The second-order valence-electron chi connectivity index (χ2n) is 6.07. The number of rotatable bonds is 8. The average Bonchev–Trinajstić information content (AvgIpc) is 2.62. The van der Waals surface area contributed by atoms with E-state index >= 15 is 0 Å². The van der Waals surface area contributed by atoms with Crippen molar-refractivity contribution in [2.24, 2.45) is 0 Å². The SMILES string of the molecule is CC(OC(=O)c1ccccc1SC(F)F)C(=O)NCCC1=CCCCC1. The van der Waals surface area contributed by atoms with Gasteiger partial charge in [0.1, 0.15) is 0 Å². The zero-order valence-electron chi connectivity index (χ0n) is 14.7. The summed E-state index contributed by atoms with van der Waals surface area (Å²) in [5, 5.41) is 2.75. The Morgan fingerprint density at radius 1 is 1.27 bits per heavy atom. The van der Waals surface area contributed by atoms with Gasteiger partial charge in [-0.1, -0.05) is 35.5 Å². The van der Waals surface area contributed by atoms with Crippen LogP contribution >= 0.6 is 11.8 Å². The Balaban J connectivity index is 1.84. The lowest BCUT2D eigenvalue weighted by molar-refractivity contribution is -0.129. The Morgan fingerprint density at radius 3 is 2.73 bits per heavy atom. The third kappa shape index (κ3) is 6.44. The van der Waals surface area contributed by atoms with Crippen LogP contribution in [0.4, 0.5) is 8.78 Å². The van der Waals surface area contributed by atoms with Gasteiger partial charge in [-0.25, -0.2) is 4.79 Å². The predicted molar refractivity (Wildman–Crippen MR) is 97.4 cm³/mol. The molecule has 1 aliphatic rings. The molecule has 0 aliphatic heterocycles. The quantitative estimate of drug-likeness (QED) is 0.406. The number of esters is 1. The number of alkyl halides is 2. The standard InChI is InChI=1S/C19H23F2NO3S/c1-13(17(23)22-12-11-14-7-3-2-4-8-14)25-18(24)15-9-5-6-10-16(15)26-19(20)21/h5-7,9-10,13,19H,2-4,8,11-12H2,1H3,(H,22,23). The third-order valence-electron chi connectivity index (χ3n) is 4.11. The van der Waals surface area contributed by atoms with E-state index in [0.717, 1.165) is 19.3 Å². The Bertz CT molecular complexity index is 664. The summed E-state index contributed by atoms with van der Waals surface area (Å²) in [5.74, 6) is -3.82. The van der Waals surface area contributed by atoms with Crippen LogP contribution in [0.1, 0.15) is 49.4 Å². The van der Waals surface area contributed by atoms with E-state index in [4.69, 9.17) is 4.74 Å². The van der Waals surface area contributed by atoms with Gasteiger partial charge in [0.25, 0.3) is 11.7 Å². The third-order valence-corrected chi connectivity index (χ3v) is 4.89. The van der Waals surface area contributed by atoms with E-state index in [9.17, 15) is 18.4 Å². The van der Waals surface area contributed by atoms with Crippen molar-refractivity contribution in [3.8, 4) is 0 Å². The molecule has 0 spiro atoms. The molecule has 0 saturated carbocycles. The number of benzene rings is 1. The monoisotopic (exact) mass is 383 g/mol. The van der Waals surface area contributed by atoms with Crippen LogP contribution in [0.25, 0.3) is 0 Å². The molecule has 1 aromatic carbocycles.